The van der Waals surface area contributed by atoms with Crippen molar-refractivity contribution in [2.75, 3.05) is 42.7 Å². The number of methoxy groups -OCH3 is 6. The zero-order valence-corrected chi connectivity index (χ0v) is 70.5. The van der Waals surface area contributed by atoms with E-state index in [-0.39, 0.29) is 159 Å². The first kappa shape index (κ1) is 98.9. The first-order chi connectivity index (χ1) is 48.1. The number of hydrogen-bond donors (Lipinski definition) is 2. The van der Waals surface area contributed by atoms with E-state index in [2.05, 4.69) is 27.2 Å². The van der Waals surface area contributed by atoms with Crippen molar-refractivity contribution in [1.29, 1.82) is 0 Å². The standard InChI is InChI=1S/C24H31NO4.C22H29NO3.C18H25NO4.C9H9BrO3.C9H17NO.CH3.Al.Li.2H/c1-16(2)25(17(3)4)23(26)15-20(18-10-8-7-9-11-18)21-14-19(24(27)29-6)12-13-22(21)28-5;1-15(2)23(16(3)4)22(26)13-19(18-8-6-5-7-9-18)20-12-17(14-24)10-11-21(20)25;1-12(2)19(13(3)4)17(20)10-8-14-11-15(18(21)23-6)7-9-16(14)22-5;1-12-8-4-3-6(5-7(8)10)9(11)13-2;1-6-9(11)10(7(2)3)8(4)5;;;;;/h7-14,16-17,20H,15H2,1-6H3;5-12,15-16,19,24-25H,13-14H2,1-4H3;7-13H,1-6H3;3-5H,1-2H3;6-8H,1H2,2-5H3;1H3;;;;/q;;;;;-1;;+1;;/b;;10-8+;;;;;;;. The molecule has 6 rings (SSSR count). The molecular formula is C83H116AlBrLiN4O15. The number of aromatic hydroxyl groups is 1. The number of nitrogens with zero attached hydrogens (tertiary/aromatic N) is 4. The fourth-order valence-corrected chi connectivity index (χ4v) is 12.4. The van der Waals surface area contributed by atoms with E-state index in [1.54, 1.807) is 110 Å². The number of rotatable bonds is 26. The Morgan fingerprint density at radius 2 is 0.800 bits per heavy atom. The minimum atomic E-state index is -0.431. The van der Waals surface area contributed by atoms with Crippen LogP contribution >= 0.6 is 15.9 Å². The van der Waals surface area contributed by atoms with Crippen molar-refractivity contribution in [2.24, 2.45) is 0 Å². The number of aliphatic hydroxyl groups is 1. The zero-order chi connectivity index (χ0) is 77.2. The van der Waals surface area contributed by atoms with Gasteiger partial charge in [0.25, 0.3) is 0 Å². The summed E-state index contributed by atoms with van der Waals surface area (Å²) in [6.07, 6.45) is 5.06. The Labute approximate surface area is 657 Å². The summed E-state index contributed by atoms with van der Waals surface area (Å²) in [6.45, 7) is 35.4. The van der Waals surface area contributed by atoms with Crippen LogP contribution in [0, 0.1) is 7.43 Å². The van der Waals surface area contributed by atoms with E-state index in [0.717, 1.165) is 26.7 Å². The topological polar surface area (TPSA) is 228 Å². The van der Waals surface area contributed by atoms with Gasteiger partial charge in [-0.3, -0.25) is 19.2 Å². The maximum absolute atomic E-state index is 13.3. The second kappa shape index (κ2) is 50.4. The first-order valence-electron chi connectivity index (χ1n) is 34.2. The number of carbonyl (C=O) groups excluding carboxylic acids is 7. The Hall–Kier alpha value is -8.14. The van der Waals surface area contributed by atoms with Crippen LogP contribution in [-0.2, 0) is 40.0 Å². The Morgan fingerprint density at radius 3 is 1.14 bits per heavy atom. The molecule has 4 amide bonds. The normalized spacial score (nSPS) is 11.1. The fourth-order valence-electron chi connectivity index (χ4n) is 11.9. The summed E-state index contributed by atoms with van der Waals surface area (Å²) in [5.41, 5.74) is 6.13. The van der Waals surface area contributed by atoms with E-state index in [1.807, 2.05) is 181 Å². The molecule has 2 unspecified atom stereocenters. The predicted molar refractivity (Wildman–Crippen MR) is 423 cm³/mol. The minimum Gasteiger partial charge on any atom is -0.508 e. The summed E-state index contributed by atoms with van der Waals surface area (Å²) in [5, 5.41) is 19.9. The third-order valence-corrected chi connectivity index (χ3v) is 16.8. The fraction of sp³-hybridized carbons (Fsp3) is 0.422. The van der Waals surface area contributed by atoms with Crippen LogP contribution in [0.5, 0.6) is 23.0 Å². The summed E-state index contributed by atoms with van der Waals surface area (Å²) in [4.78, 5) is 92.0. The van der Waals surface area contributed by atoms with Gasteiger partial charge in [0.05, 0.1) is 70.4 Å². The number of amides is 4. The van der Waals surface area contributed by atoms with Crippen LogP contribution in [0.25, 0.3) is 6.08 Å². The van der Waals surface area contributed by atoms with Crippen molar-refractivity contribution < 1.29 is 91.1 Å². The van der Waals surface area contributed by atoms with E-state index >= 15 is 0 Å². The molecule has 6 aromatic carbocycles. The van der Waals surface area contributed by atoms with E-state index in [4.69, 9.17) is 23.7 Å². The third-order valence-electron chi connectivity index (χ3n) is 16.2. The second-order valence-electron chi connectivity index (χ2n) is 26.0. The van der Waals surface area contributed by atoms with Gasteiger partial charge in [-0.25, -0.2) is 14.4 Å². The quantitative estimate of drug-likeness (QED) is 0.0169. The molecule has 0 aliphatic rings. The molecular weight excluding hydrogens is 1410 g/mol. The molecule has 2 N–H and O–H groups in total. The molecule has 0 aliphatic heterocycles. The van der Waals surface area contributed by atoms with Gasteiger partial charge >= 0.3 is 36.8 Å². The van der Waals surface area contributed by atoms with Crippen molar-refractivity contribution >= 4 is 80.9 Å². The van der Waals surface area contributed by atoms with E-state index in [9.17, 15) is 43.8 Å². The Balaban J connectivity index is 0. The van der Waals surface area contributed by atoms with Gasteiger partial charge < -0.3 is 65.7 Å². The van der Waals surface area contributed by atoms with Crippen LogP contribution < -0.4 is 33.1 Å². The van der Waals surface area contributed by atoms with Gasteiger partial charge in [-0.1, -0.05) is 73.3 Å². The number of aliphatic hydroxyl groups excluding tert-OH is 1. The van der Waals surface area contributed by atoms with Gasteiger partial charge in [-0.2, -0.15) is 0 Å². The molecule has 0 aliphatic carbocycles. The maximum Gasteiger partial charge on any atom is 1.00 e. The van der Waals surface area contributed by atoms with Crippen LogP contribution in [0.1, 0.15) is 200 Å². The summed E-state index contributed by atoms with van der Waals surface area (Å²) in [7, 11) is 8.73. The number of carbonyl (C=O) groups is 7. The summed E-state index contributed by atoms with van der Waals surface area (Å²) < 4.78 is 30.8. The molecule has 0 spiro atoms. The first-order valence-corrected chi connectivity index (χ1v) is 35.0. The zero-order valence-electron chi connectivity index (χ0n) is 66.9. The minimum absolute atomic E-state index is 0. The molecule has 0 aromatic heterocycles. The van der Waals surface area contributed by atoms with Gasteiger partial charge in [0.2, 0.25) is 23.6 Å². The molecule has 22 heteroatoms. The molecule has 0 fully saturated rings. The Morgan fingerprint density at radius 1 is 0.448 bits per heavy atom. The number of phenols is 1. The van der Waals surface area contributed by atoms with E-state index in [0.29, 0.717) is 45.1 Å². The SMILES string of the molecule is C=CC(=O)N(C(C)C)C(C)C.CC(C)N(C(=O)CC(c1ccccc1)c1cc(CO)ccc1O)C(C)C.COC(=O)c1ccc(OC)c(/C=C/C(=O)N(C(C)C)C(C)C)c1.COC(=O)c1ccc(OC)c(Br)c1.COC(=O)c1ccc(OC)c(C(CC(=O)N(C(C)C)C(C)C)c2ccccc2)c1.[AlH2].[CH3-].[Li+]. The van der Waals surface area contributed by atoms with Crippen LogP contribution in [0.2, 0.25) is 0 Å². The molecule has 0 saturated heterocycles. The van der Waals surface area contributed by atoms with Crippen LogP contribution in [0.15, 0.2) is 157 Å². The van der Waals surface area contributed by atoms with Gasteiger partial charge in [0.15, 0.2) is 0 Å². The molecule has 0 bridgehead atoms. The Kier molecular flexibility index (Phi) is 47.5. The largest absolute Gasteiger partial charge is 1.00 e. The molecule has 6 aromatic rings. The second-order valence-corrected chi connectivity index (χ2v) is 26.9. The van der Waals surface area contributed by atoms with Gasteiger partial charge in [0, 0.05) is 95.8 Å². The smallest absolute Gasteiger partial charge is 0.508 e. The number of ether oxygens (including phenoxy) is 6. The van der Waals surface area contributed by atoms with Crippen LogP contribution in [0.4, 0.5) is 0 Å². The molecule has 105 heavy (non-hydrogen) atoms. The van der Waals surface area contributed by atoms with Crippen molar-refractivity contribution in [3.05, 3.63) is 214 Å². The van der Waals surface area contributed by atoms with Crippen LogP contribution in [0.3, 0.4) is 0 Å². The van der Waals surface area contributed by atoms with Crippen molar-refractivity contribution in [3.63, 3.8) is 0 Å². The van der Waals surface area contributed by atoms with Crippen molar-refractivity contribution in [1.82, 2.24) is 19.6 Å². The van der Waals surface area contributed by atoms with Crippen LogP contribution in [-0.4, -0.2) is 180 Å². The van der Waals surface area contributed by atoms with Gasteiger partial charge in [-0.15, -0.1) is 0 Å². The predicted octanol–water partition coefficient (Wildman–Crippen LogP) is 12.4. The summed E-state index contributed by atoms with van der Waals surface area (Å²) in [5.74, 6) is 0.376. The molecule has 19 nitrogen and oxygen atoms in total. The number of phenolic OH excluding ortho intramolecular Hbond substituents is 1. The number of hydrogen-bond acceptors (Lipinski definition) is 15. The average molecular weight is 1520 g/mol. The molecule has 2 atom stereocenters. The van der Waals surface area contributed by atoms with Crippen molar-refractivity contribution in [3.8, 4) is 23.0 Å². The van der Waals surface area contributed by atoms with Crippen molar-refractivity contribution in [2.45, 2.75) is 190 Å². The van der Waals surface area contributed by atoms with E-state index < -0.39 is 11.9 Å². The number of esters is 3. The summed E-state index contributed by atoms with van der Waals surface area (Å²) in [6, 6.07) is 40.9. The van der Waals surface area contributed by atoms with Gasteiger partial charge in [0.1, 0.15) is 40.4 Å². The van der Waals surface area contributed by atoms with E-state index in [1.165, 1.54) is 33.5 Å². The summed E-state index contributed by atoms with van der Waals surface area (Å²) >= 11 is 3.27. The molecule has 0 saturated carbocycles. The molecule has 0 heterocycles. The molecule has 569 valence electrons. The Bertz CT molecular complexity index is 3650. The number of halogens is 1. The average Bonchev–Trinajstić information content (AvgIpc) is 0.810. The molecule has 1 radical (unpaired) electrons. The number of benzene rings is 6. The van der Waals surface area contributed by atoms with Gasteiger partial charge in [-0.05, 0) is 222 Å². The maximum atomic E-state index is 13.3. The monoisotopic (exact) mass is 1520 g/mol. The third kappa shape index (κ3) is 31.1.